The summed E-state index contributed by atoms with van der Waals surface area (Å²) in [5.74, 6) is 0.202. The lowest BCUT2D eigenvalue weighted by Crippen LogP contribution is -2.45. The van der Waals surface area contributed by atoms with E-state index in [4.69, 9.17) is 19.2 Å². The van der Waals surface area contributed by atoms with Crippen LogP contribution in [0, 0.1) is 6.92 Å². The molecular weight excluding hydrogens is 464 g/mol. The number of carbonyl (C=O) groups is 1. The van der Waals surface area contributed by atoms with E-state index >= 15 is 0 Å². The molecule has 0 aliphatic heterocycles. The number of fused-ring (bicyclic) bond motifs is 1. The van der Waals surface area contributed by atoms with E-state index in [9.17, 15) is 14.7 Å². The monoisotopic (exact) mass is 500 g/mol. The van der Waals surface area contributed by atoms with Gasteiger partial charge in [-0.2, -0.15) is 0 Å². The number of rotatable bonds is 12. The van der Waals surface area contributed by atoms with Gasteiger partial charge in [-0.1, -0.05) is 6.07 Å². The van der Waals surface area contributed by atoms with E-state index < -0.39 is 18.1 Å². The molecule has 10 nitrogen and oxygen atoms in total. The molecule has 0 aliphatic carbocycles. The summed E-state index contributed by atoms with van der Waals surface area (Å²) < 4.78 is 19.7. The first-order valence-electron chi connectivity index (χ1n) is 12.0. The second-order valence-corrected chi connectivity index (χ2v) is 8.87. The number of esters is 1. The Morgan fingerprint density at radius 1 is 1.19 bits per heavy atom. The fourth-order valence-electron chi connectivity index (χ4n) is 4.32. The number of aryl methyl sites for hydroxylation is 2. The first-order valence-corrected chi connectivity index (χ1v) is 12.0. The number of nitrogens with zero attached hydrogens (tertiary/aromatic N) is 3. The molecule has 0 amide bonds. The summed E-state index contributed by atoms with van der Waals surface area (Å²) in [6.45, 7) is 6.46. The Labute approximate surface area is 210 Å². The minimum Gasteiger partial charge on any atom is -0.465 e. The summed E-state index contributed by atoms with van der Waals surface area (Å²) in [7, 11) is 5.01. The number of aliphatic hydroxyl groups excluding tert-OH is 1. The molecule has 0 fully saturated rings. The maximum absolute atomic E-state index is 12.3. The molecule has 1 aromatic carbocycles. The van der Waals surface area contributed by atoms with Gasteiger partial charge in [0.2, 0.25) is 0 Å². The number of ether oxygens (including phenoxy) is 3. The van der Waals surface area contributed by atoms with Gasteiger partial charge in [-0.3, -0.25) is 14.9 Å². The van der Waals surface area contributed by atoms with Crippen LogP contribution in [0.5, 0.6) is 0 Å². The molecule has 0 saturated carbocycles. The van der Waals surface area contributed by atoms with Crippen molar-refractivity contribution in [2.24, 2.45) is 7.05 Å². The van der Waals surface area contributed by atoms with Gasteiger partial charge in [0.1, 0.15) is 11.9 Å². The highest BCUT2D eigenvalue weighted by Crippen LogP contribution is 2.29. The van der Waals surface area contributed by atoms with Crippen molar-refractivity contribution >= 4 is 17.0 Å². The number of aliphatic hydroxyl groups is 1. The number of methoxy groups -OCH3 is 2. The molecule has 0 spiro atoms. The van der Waals surface area contributed by atoms with Gasteiger partial charge >= 0.3 is 5.97 Å². The van der Waals surface area contributed by atoms with Gasteiger partial charge in [0.05, 0.1) is 43.0 Å². The zero-order chi connectivity index (χ0) is 26.4. The Balaban J connectivity index is 2.06. The lowest BCUT2D eigenvalue weighted by atomic mass is 10.1. The van der Waals surface area contributed by atoms with Crippen LogP contribution in [0.1, 0.15) is 31.0 Å². The number of hydrogen-bond donors (Lipinski definition) is 2. The first kappa shape index (κ1) is 27.5. The Bertz CT molecular complexity index is 1220. The number of benzene rings is 1. The van der Waals surface area contributed by atoms with Gasteiger partial charge in [0.25, 0.3) is 5.56 Å². The maximum atomic E-state index is 12.3. The third kappa shape index (κ3) is 6.01. The summed E-state index contributed by atoms with van der Waals surface area (Å²) in [4.78, 5) is 29.4. The number of nitrogens with one attached hydrogen (secondary N) is 1. The lowest BCUT2D eigenvalue weighted by Gasteiger charge is -2.21. The fraction of sp³-hybridized carbons (Fsp3) is 0.500. The van der Waals surface area contributed by atoms with Crippen molar-refractivity contribution in [1.82, 2.24) is 19.4 Å². The van der Waals surface area contributed by atoms with Crippen molar-refractivity contribution in [3.63, 3.8) is 0 Å². The van der Waals surface area contributed by atoms with Crippen LogP contribution in [0.4, 0.5) is 0 Å². The Morgan fingerprint density at radius 3 is 2.47 bits per heavy atom. The molecule has 0 radical (unpaired) electrons. The zero-order valence-corrected chi connectivity index (χ0v) is 21.8. The highest BCUT2D eigenvalue weighted by Gasteiger charge is 2.25. The van der Waals surface area contributed by atoms with Crippen molar-refractivity contribution < 1.29 is 24.1 Å². The minimum absolute atomic E-state index is 0.0608. The topological polar surface area (TPSA) is 117 Å². The molecule has 3 aromatic rings. The number of aromatic nitrogens is 3. The summed E-state index contributed by atoms with van der Waals surface area (Å²) >= 11 is 0. The van der Waals surface area contributed by atoms with Gasteiger partial charge in [0.15, 0.2) is 0 Å². The molecule has 2 heterocycles. The van der Waals surface area contributed by atoms with Crippen molar-refractivity contribution in [2.45, 2.75) is 45.5 Å². The van der Waals surface area contributed by atoms with E-state index in [1.807, 2.05) is 24.3 Å². The van der Waals surface area contributed by atoms with Gasteiger partial charge in [-0.15, -0.1) is 0 Å². The van der Waals surface area contributed by atoms with Crippen LogP contribution in [-0.2, 0) is 32.6 Å². The lowest BCUT2D eigenvalue weighted by molar-refractivity contribution is -0.148. The summed E-state index contributed by atoms with van der Waals surface area (Å²) in [5.41, 5.74) is 3.89. The van der Waals surface area contributed by atoms with Crippen LogP contribution in [-0.4, -0.2) is 71.4 Å². The van der Waals surface area contributed by atoms with E-state index in [1.54, 1.807) is 52.8 Å². The van der Waals surface area contributed by atoms with Crippen LogP contribution >= 0.6 is 0 Å². The number of carbonyl (C=O) groups excluding carboxylic acids is 1. The second-order valence-electron chi connectivity index (χ2n) is 8.87. The Kier molecular flexibility index (Phi) is 9.38. The maximum Gasteiger partial charge on any atom is 0.325 e. The molecule has 2 aromatic heterocycles. The molecule has 0 bridgehead atoms. The Morgan fingerprint density at radius 2 is 1.89 bits per heavy atom. The molecule has 2 atom stereocenters. The molecule has 0 saturated heterocycles. The molecule has 3 rings (SSSR count). The predicted octanol–water partition coefficient (Wildman–Crippen LogP) is 1.95. The van der Waals surface area contributed by atoms with E-state index in [0.29, 0.717) is 31.1 Å². The van der Waals surface area contributed by atoms with Gasteiger partial charge in [-0.25, -0.2) is 4.98 Å². The summed E-state index contributed by atoms with van der Waals surface area (Å²) in [6.07, 6.45) is 0.870. The van der Waals surface area contributed by atoms with Crippen LogP contribution in [0.25, 0.3) is 22.4 Å². The zero-order valence-electron chi connectivity index (χ0n) is 21.8. The standard InChI is InChI=1S/C26H36N4O6/c1-7-36-26(33)23(17(3)31)27-12-18-8-9-22-21(11-18)28-24(30(22)20(14-34-5)15-35-6)19-10-16(2)25(32)29(4)13-19/h8-11,13,17,20,23,27,31H,7,12,14-15H2,1-6H3/t17-,23+/m1/s1. The molecule has 36 heavy (non-hydrogen) atoms. The van der Waals surface area contributed by atoms with E-state index in [2.05, 4.69) is 9.88 Å². The number of hydrogen-bond acceptors (Lipinski definition) is 8. The highest BCUT2D eigenvalue weighted by atomic mass is 16.5. The van der Waals surface area contributed by atoms with E-state index in [-0.39, 0.29) is 18.2 Å². The van der Waals surface area contributed by atoms with Gasteiger partial charge < -0.3 is 28.5 Å². The van der Waals surface area contributed by atoms with Gasteiger partial charge in [-0.05, 0) is 44.5 Å². The third-order valence-electron chi connectivity index (χ3n) is 6.01. The normalized spacial score (nSPS) is 13.3. The smallest absolute Gasteiger partial charge is 0.325 e. The summed E-state index contributed by atoms with van der Waals surface area (Å²) in [6, 6.07) is 6.71. The van der Waals surface area contributed by atoms with Crippen molar-refractivity contribution in [3.05, 3.63) is 51.9 Å². The molecule has 2 N–H and O–H groups in total. The van der Waals surface area contributed by atoms with Gasteiger partial charge in [0, 0.05) is 45.1 Å². The minimum atomic E-state index is -0.907. The van der Waals surface area contributed by atoms with Crippen molar-refractivity contribution in [1.29, 1.82) is 0 Å². The molecule has 10 heteroatoms. The third-order valence-corrected chi connectivity index (χ3v) is 6.01. The molecule has 0 aliphatic rings. The summed E-state index contributed by atoms with van der Waals surface area (Å²) in [5, 5.41) is 13.1. The number of pyridine rings is 1. The van der Waals surface area contributed by atoms with Crippen molar-refractivity contribution in [3.8, 4) is 11.4 Å². The predicted molar refractivity (Wildman–Crippen MR) is 137 cm³/mol. The molecular formula is C26H36N4O6. The molecule has 196 valence electrons. The Hall–Kier alpha value is -3.05. The largest absolute Gasteiger partial charge is 0.465 e. The van der Waals surface area contributed by atoms with Crippen LogP contribution in [0.15, 0.2) is 35.3 Å². The quantitative estimate of drug-likeness (QED) is 0.363. The number of imidazole rings is 1. The van der Waals surface area contributed by atoms with Crippen LogP contribution in [0.2, 0.25) is 0 Å². The van der Waals surface area contributed by atoms with Crippen molar-refractivity contribution in [2.75, 3.05) is 34.0 Å². The van der Waals surface area contributed by atoms with Crippen LogP contribution in [0.3, 0.4) is 0 Å². The SMILES string of the molecule is CCOC(=O)[C@@H](NCc1ccc2c(c1)nc(-c1cc(C)c(=O)n(C)c1)n2C(COC)COC)[C@@H](C)O. The highest BCUT2D eigenvalue weighted by molar-refractivity contribution is 5.82. The first-order chi connectivity index (χ1) is 17.2. The fourth-order valence-corrected chi connectivity index (χ4v) is 4.32. The van der Waals surface area contributed by atoms with Crippen LogP contribution < -0.4 is 10.9 Å². The second kappa shape index (κ2) is 12.3. The van der Waals surface area contributed by atoms with E-state index in [0.717, 1.165) is 22.2 Å². The average Bonchev–Trinajstić information content (AvgIpc) is 3.21. The van der Waals surface area contributed by atoms with E-state index in [1.165, 1.54) is 0 Å². The average molecular weight is 501 g/mol. The molecule has 0 unspecified atom stereocenters.